The van der Waals surface area contributed by atoms with Crippen molar-refractivity contribution in [3.05, 3.63) is 192 Å². The largest absolute Gasteiger partial charge is 0.310 e. The van der Waals surface area contributed by atoms with Crippen molar-refractivity contribution >= 4 is 77.2 Å². The Morgan fingerprint density at radius 3 is 0.983 bits per heavy atom. The van der Waals surface area contributed by atoms with Crippen molar-refractivity contribution in [3.8, 4) is 0 Å². The van der Waals surface area contributed by atoms with Gasteiger partial charge >= 0.3 is 0 Å². The van der Waals surface area contributed by atoms with Crippen LogP contribution in [0.1, 0.15) is 63.8 Å². The smallest absolute Gasteiger partial charge is 0.0468 e. The van der Waals surface area contributed by atoms with Gasteiger partial charge in [-0.3, -0.25) is 0 Å². The molecule has 9 aromatic carbocycles. The molecule has 0 spiro atoms. The maximum atomic E-state index is 2.41. The molecule has 9 rings (SSSR count). The summed E-state index contributed by atoms with van der Waals surface area (Å²) in [6, 6.07) is 63.2. The molecule has 0 amide bonds. The number of fused-ring (bicyclic) bond motifs is 4. The van der Waals surface area contributed by atoms with Crippen molar-refractivity contribution in [2.24, 2.45) is 0 Å². The van der Waals surface area contributed by atoms with E-state index in [1.807, 2.05) is 0 Å². The maximum absolute atomic E-state index is 2.41. The Morgan fingerprint density at radius 2 is 0.603 bits per heavy atom. The lowest BCUT2D eigenvalue weighted by Crippen LogP contribution is -2.13. The van der Waals surface area contributed by atoms with Crippen LogP contribution < -0.4 is 9.80 Å². The predicted molar refractivity (Wildman–Crippen MR) is 253 cm³/mol. The molecular weight excluding hydrogens is 701 g/mol. The Morgan fingerprint density at radius 1 is 0.293 bits per heavy atom. The number of aryl methyl sites for hydroxylation is 2. The summed E-state index contributed by atoms with van der Waals surface area (Å²) in [6.07, 6.45) is 0. The molecule has 0 aliphatic rings. The van der Waals surface area contributed by atoms with Gasteiger partial charge in [0.25, 0.3) is 0 Å². The average molecular weight is 753 g/mol. The van der Waals surface area contributed by atoms with Gasteiger partial charge in [-0.1, -0.05) is 139 Å². The molecule has 0 N–H and O–H groups in total. The van der Waals surface area contributed by atoms with Crippen LogP contribution in [0.3, 0.4) is 0 Å². The molecule has 0 heterocycles. The van der Waals surface area contributed by atoms with Crippen LogP contribution in [0.4, 0.5) is 34.1 Å². The molecule has 9 aromatic rings. The van der Waals surface area contributed by atoms with Crippen molar-refractivity contribution in [1.29, 1.82) is 0 Å². The van der Waals surface area contributed by atoms with E-state index < -0.39 is 0 Å². The number of rotatable bonds is 6. The van der Waals surface area contributed by atoms with Gasteiger partial charge in [0.2, 0.25) is 0 Å². The summed E-state index contributed by atoms with van der Waals surface area (Å²) < 4.78 is 0. The molecule has 0 saturated heterocycles. The highest BCUT2D eigenvalue weighted by Crippen LogP contribution is 2.43. The van der Waals surface area contributed by atoms with Crippen molar-refractivity contribution in [2.75, 3.05) is 9.80 Å². The number of nitrogens with zero attached hydrogens (tertiary/aromatic N) is 2. The summed E-state index contributed by atoms with van der Waals surface area (Å²) in [5.41, 5.74) is 12.2. The topological polar surface area (TPSA) is 6.48 Å². The fourth-order valence-corrected chi connectivity index (χ4v) is 8.65. The molecule has 0 bridgehead atoms. The Bertz CT molecular complexity index is 2770. The van der Waals surface area contributed by atoms with Gasteiger partial charge in [-0.2, -0.15) is 0 Å². The second kappa shape index (κ2) is 14.2. The lowest BCUT2D eigenvalue weighted by Gasteiger charge is -2.28. The standard InChI is InChI=1S/C56H52N2/c1-37-51-31-29-49(57(45-25-19-43(20-26-45)55(3,4)5)47-23-17-39-13-9-11-15-41(39)33-47)35-53(51)38(2)54-36-50(30-32-52(37)54)58(46-27-21-44(22-28-46)56(6,7)8)48-24-18-40-14-10-12-16-42(40)34-48/h9-36H,1-8H3. The van der Waals surface area contributed by atoms with E-state index in [0.717, 1.165) is 34.1 Å². The SMILES string of the molecule is Cc1c2ccc(N(c3ccc(C(C)(C)C)cc3)c3ccc4ccccc4c3)cc2c(C)c2cc(N(c3ccc(C(C)(C)C)cc3)c3ccc4ccccc4c3)ccc12. The maximum Gasteiger partial charge on any atom is 0.0468 e. The monoisotopic (exact) mass is 752 g/mol. The van der Waals surface area contributed by atoms with Gasteiger partial charge in [-0.05, 0) is 163 Å². The summed E-state index contributed by atoms with van der Waals surface area (Å²) in [5, 5.41) is 10.0. The minimum Gasteiger partial charge on any atom is -0.310 e. The van der Waals surface area contributed by atoms with E-state index in [1.54, 1.807) is 0 Å². The molecule has 286 valence electrons. The van der Waals surface area contributed by atoms with Crippen molar-refractivity contribution < 1.29 is 0 Å². The minimum absolute atomic E-state index is 0.0730. The van der Waals surface area contributed by atoms with Crippen LogP contribution in [0.5, 0.6) is 0 Å². The predicted octanol–water partition coefficient (Wildman–Crippen LogP) is 16.5. The first-order valence-corrected chi connectivity index (χ1v) is 20.6. The van der Waals surface area contributed by atoms with Gasteiger partial charge in [-0.15, -0.1) is 0 Å². The zero-order valence-corrected chi connectivity index (χ0v) is 35.1. The van der Waals surface area contributed by atoms with Gasteiger partial charge in [0, 0.05) is 34.1 Å². The molecule has 0 unspecified atom stereocenters. The van der Waals surface area contributed by atoms with Crippen molar-refractivity contribution in [3.63, 3.8) is 0 Å². The number of benzene rings is 9. The highest BCUT2D eigenvalue weighted by Gasteiger charge is 2.21. The van der Waals surface area contributed by atoms with Crippen LogP contribution in [0.2, 0.25) is 0 Å². The van der Waals surface area contributed by atoms with E-state index in [0.29, 0.717) is 0 Å². The number of hydrogen-bond donors (Lipinski definition) is 0. The third kappa shape index (κ3) is 6.77. The third-order valence-corrected chi connectivity index (χ3v) is 12.1. The third-order valence-electron chi connectivity index (χ3n) is 12.1. The summed E-state index contributed by atoms with van der Waals surface area (Å²) >= 11 is 0. The molecule has 0 aliphatic heterocycles. The zero-order chi connectivity index (χ0) is 40.3. The van der Waals surface area contributed by atoms with Crippen LogP contribution in [-0.4, -0.2) is 0 Å². The highest BCUT2D eigenvalue weighted by atomic mass is 15.1. The van der Waals surface area contributed by atoms with Crippen molar-refractivity contribution in [2.45, 2.75) is 66.2 Å². The first-order valence-electron chi connectivity index (χ1n) is 20.6. The molecule has 0 radical (unpaired) electrons. The lowest BCUT2D eigenvalue weighted by atomic mass is 9.87. The second-order valence-electron chi connectivity index (χ2n) is 18.0. The molecule has 2 nitrogen and oxygen atoms in total. The Balaban J connectivity index is 1.22. The fraction of sp³-hybridized carbons (Fsp3) is 0.179. The molecule has 2 heteroatoms. The van der Waals surface area contributed by atoms with Gasteiger partial charge in [0.1, 0.15) is 0 Å². The van der Waals surface area contributed by atoms with E-state index in [-0.39, 0.29) is 10.8 Å². The first-order chi connectivity index (χ1) is 27.8. The summed E-state index contributed by atoms with van der Waals surface area (Å²) in [6.45, 7) is 18.2. The van der Waals surface area contributed by atoms with Gasteiger partial charge < -0.3 is 9.80 Å². The molecular formula is C56H52N2. The van der Waals surface area contributed by atoms with Crippen LogP contribution in [0.25, 0.3) is 43.1 Å². The van der Waals surface area contributed by atoms with Gasteiger partial charge in [0.05, 0.1) is 0 Å². The average Bonchev–Trinajstić information content (AvgIpc) is 3.22. The summed E-state index contributed by atoms with van der Waals surface area (Å²) in [4.78, 5) is 4.83. The van der Waals surface area contributed by atoms with E-state index in [4.69, 9.17) is 0 Å². The van der Waals surface area contributed by atoms with Crippen LogP contribution in [0, 0.1) is 13.8 Å². The number of anilines is 6. The summed E-state index contributed by atoms with van der Waals surface area (Å²) in [7, 11) is 0. The lowest BCUT2D eigenvalue weighted by molar-refractivity contribution is 0.590. The van der Waals surface area contributed by atoms with Gasteiger partial charge in [-0.25, -0.2) is 0 Å². The minimum atomic E-state index is 0.0730. The normalized spacial score (nSPS) is 12.1. The van der Waals surface area contributed by atoms with E-state index in [2.05, 4.69) is 235 Å². The van der Waals surface area contributed by atoms with Crippen LogP contribution >= 0.6 is 0 Å². The van der Waals surface area contributed by atoms with Crippen molar-refractivity contribution in [1.82, 2.24) is 0 Å². The molecule has 0 saturated carbocycles. The molecule has 0 atom stereocenters. The second-order valence-corrected chi connectivity index (χ2v) is 18.0. The quantitative estimate of drug-likeness (QED) is 0.156. The fourth-order valence-electron chi connectivity index (χ4n) is 8.65. The Kier molecular flexibility index (Phi) is 9.12. The molecule has 58 heavy (non-hydrogen) atoms. The highest BCUT2D eigenvalue weighted by molar-refractivity contribution is 6.08. The molecule has 0 fully saturated rings. The zero-order valence-electron chi connectivity index (χ0n) is 35.1. The van der Waals surface area contributed by atoms with Crippen LogP contribution in [-0.2, 0) is 10.8 Å². The summed E-state index contributed by atoms with van der Waals surface area (Å²) in [5.74, 6) is 0. The first kappa shape index (κ1) is 37.2. The van der Waals surface area contributed by atoms with E-state index >= 15 is 0 Å². The van der Waals surface area contributed by atoms with Gasteiger partial charge in [0.15, 0.2) is 0 Å². The molecule has 0 aliphatic carbocycles. The number of hydrogen-bond acceptors (Lipinski definition) is 2. The van der Waals surface area contributed by atoms with E-state index in [9.17, 15) is 0 Å². The van der Waals surface area contributed by atoms with E-state index in [1.165, 1.54) is 65.3 Å². The Hall–Kier alpha value is -6.38. The van der Waals surface area contributed by atoms with Crippen LogP contribution in [0.15, 0.2) is 170 Å². The molecule has 0 aromatic heterocycles. The Labute approximate surface area is 344 Å².